The zero-order valence-electron chi connectivity index (χ0n) is 8.56. The van der Waals surface area contributed by atoms with Gasteiger partial charge in [0.2, 0.25) is 0 Å². The average molecular weight is 250 g/mol. The van der Waals surface area contributed by atoms with Gasteiger partial charge in [0.15, 0.2) is 4.21 Å². The second-order valence-corrected chi connectivity index (χ2v) is 5.86. The molecule has 5 nitrogen and oxygen atoms in total. The Labute approximate surface area is 93.3 Å². The quantitative estimate of drug-likeness (QED) is 0.791. The van der Waals surface area contributed by atoms with E-state index in [9.17, 15) is 8.42 Å². The molecular formula is C8H14N2O3S2. The van der Waals surface area contributed by atoms with E-state index in [0.717, 1.165) is 11.3 Å². The van der Waals surface area contributed by atoms with Gasteiger partial charge in [0.1, 0.15) is 5.75 Å². The maximum atomic E-state index is 11.8. The molecule has 0 aliphatic rings. The van der Waals surface area contributed by atoms with Crippen LogP contribution >= 0.6 is 11.3 Å². The molecule has 0 saturated heterocycles. The zero-order valence-corrected chi connectivity index (χ0v) is 10.2. The zero-order chi connectivity index (χ0) is 11.5. The van der Waals surface area contributed by atoms with Crippen LogP contribution in [0.1, 0.15) is 6.92 Å². The third kappa shape index (κ3) is 2.91. The van der Waals surface area contributed by atoms with E-state index in [-0.39, 0.29) is 16.8 Å². The first-order valence-electron chi connectivity index (χ1n) is 4.35. The van der Waals surface area contributed by atoms with Gasteiger partial charge in [0.05, 0.1) is 7.11 Å². The molecule has 7 heteroatoms. The lowest BCUT2D eigenvalue weighted by molar-refractivity contribution is 0.406. The summed E-state index contributed by atoms with van der Waals surface area (Å²) in [6, 6.07) is 1.33. The highest BCUT2D eigenvalue weighted by Crippen LogP contribution is 2.29. The number of rotatable bonds is 5. The molecule has 0 radical (unpaired) electrons. The van der Waals surface area contributed by atoms with Gasteiger partial charge < -0.3 is 10.5 Å². The highest BCUT2D eigenvalue weighted by Gasteiger charge is 2.22. The molecule has 3 N–H and O–H groups in total. The minimum Gasteiger partial charge on any atom is -0.494 e. The van der Waals surface area contributed by atoms with Crippen molar-refractivity contribution < 1.29 is 13.2 Å². The summed E-state index contributed by atoms with van der Waals surface area (Å²) in [6.07, 6.45) is 0. The predicted octanol–water partition coefficient (Wildman–Crippen LogP) is 0.382. The fourth-order valence-corrected chi connectivity index (χ4v) is 3.55. The molecule has 1 atom stereocenters. The summed E-state index contributed by atoms with van der Waals surface area (Å²) in [5, 5.41) is 1.67. The molecular weight excluding hydrogens is 236 g/mol. The summed E-state index contributed by atoms with van der Waals surface area (Å²) in [5.74, 6) is 0.358. The smallest absolute Gasteiger partial charge is 0.254 e. The molecule has 1 aromatic rings. The van der Waals surface area contributed by atoms with Crippen molar-refractivity contribution in [1.82, 2.24) is 4.72 Å². The molecule has 0 bridgehead atoms. The fourth-order valence-electron chi connectivity index (χ4n) is 0.997. The molecule has 0 saturated carbocycles. The molecule has 15 heavy (non-hydrogen) atoms. The van der Waals surface area contributed by atoms with E-state index in [1.165, 1.54) is 7.11 Å². The van der Waals surface area contributed by atoms with E-state index >= 15 is 0 Å². The second-order valence-electron chi connectivity index (χ2n) is 3.03. The number of ether oxygens (including phenoxy) is 1. The first-order valence-corrected chi connectivity index (χ1v) is 6.71. The van der Waals surface area contributed by atoms with Gasteiger partial charge in [-0.05, 0) is 18.4 Å². The minimum atomic E-state index is -3.51. The van der Waals surface area contributed by atoms with Crippen molar-refractivity contribution in [1.29, 1.82) is 0 Å². The molecule has 86 valence electrons. The van der Waals surface area contributed by atoms with Gasteiger partial charge in [-0.15, -0.1) is 11.3 Å². The number of thiophene rings is 1. The van der Waals surface area contributed by atoms with E-state index in [0.29, 0.717) is 5.75 Å². The largest absolute Gasteiger partial charge is 0.494 e. The third-order valence-corrected chi connectivity index (χ3v) is 4.81. The Kier molecular flexibility index (Phi) is 4.09. The Morgan fingerprint density at radius 2 is 2.33 bits per heavy atom. The Morgan fingerprint density at radius 3 is 2.87 bits per heavy atom. The SMILES string of the molecule is COc1ccsc1S(=O)(=O)N[C@H](C)CN. The standard InChI is InChI=1S/C8H14N2O3S2/c1-6(5-9)10-15(11,12)8-7(13-2)3-4-14-8/h3-4,6,10H,5,9H2,1-2H3/t6-/m1/s1. The summed E-state index contributed by atoms with van der Waals surface area (Å²) in [4.78, 5) is 0. The Bertz CT molecular complexity index is 413. The second kappa shape index (κ2) is 4.93. The van der Waals surface area contributed by atoms with Crippen LogP contribution in [0.2, 0.25) is 0 Å². The number of methoxy groups -OCH3 is 1. The van der Waals surface area contributed by atoms with Gasteiger partial charge in [-0.1, -0.05) is 0 Å². The first-order chi connectivity index (χ1) is 7.01. The van der Waals surface area contributed by atoms with E-state index in [2.05, 4.69) is 4.72 Å². The summed E-state index contributed by atoms with van der Waals surface area (Å²) in [5.41, 5.74) is 5.35. The van der Waals surface area contributed by atoms with Gasteiger partial charge in [-0.2, -0.15) is 0 Å². The van der Waals surface area contributed by atoms with Gasteiger partial charge in [-0.3, -0.25) is 0 Å². The maximum Gasteiger partial charge on any atom is 0.254 e. The van der Waals surface area contributed by atoms with Crippen molar-refractivity contribution >= 4 is 21.4 Å². The van der Waals surface area contributed by atoms with Crippen LogP contribution in [0.4, 0.5) is 0 Å². The molecule has 1 heterocycles. The highest BCUT2D eigenvalue weighted by molar-refractivity contribution is 7.91. The van der Waals surface area contributed by atoms with Gasteiger partial charge in [0.25, 0.3) is 10.0 Å². The van der Waals surface area contributed by atoms with Crippen LogP contribution in [0.5, 0.6) is 5.75 Å². The number of nitrogens with two attached hydrogens (primary N) is 1. The Hall–Kier alpha value is -0.630. The molecule has 0 fully saturated rings. The third-order valence-electron chi connectivity index (χ3n) is 1.77. The van der Waals surface area contributed by atoms with Crippen LogP contribution in [0, 0.1) is 0 Å². The van der Waals surface area contributed by atoms with Crippen molar-refractivity contribution in [3.8, 4) is 5.75 Å². The number of hydrogen-bond donors (Lipinski definition) is 2. The Balaban J connectivity index is 2.96. The molecule has 0 aliphatic heterocycles. The molecule has 1 rings (SSSR count). The molecule has 0 spiro atoms. The average Bonchev–Trinajstić information content (AvgIpc) is 2.65. The molecule has 0 aromatic carbocycles. The van der Waals surface area contributed by atoms with Crippen molar-refractivity contribution in [2.45, 2.75) is 17.2 Å². The van der Waals surface area contributed by atoms with Crippen LogP contribution in [0.3, 0.4) is 0 Å². The number of sulfonamides is 1. The fraction of sp³-hybridized carbons (Fsp3) is 0.500. The van der Waals surface area contributed by atoms with Crippen molar-refractivity contribution in [3.05, 3.63) is 11.4 Å². The van der Waals surface area contributed by atoms with Crippen LogP contribution in [-0.4, -0.2) is 28.1 Å². The summed E-state index contributed by atoms with van der Waals surface area (Å²) >= 11 is 1.12. The predicted molar refractivity (Wildman–Crippen MR) is 59.7 cm³/mol. The lowest BCUT2D eigenvalue weighted by Gasteiger charge is -2.11. The van der Waals surface area contributed by atoms with Crippen molar-refractivity contribution in [3.63, 3.8) is 0 Å². The lowest BCUT2D eigenvalue weighted by Crippen LogP contribution is -2.37. The first kappa shape index (κ1) is 12.4. The summed E-state index contributed by atoms with van der Waals surface area (Å²) in [6.45, 7) is 1.96. The molecule has 0 amide bonds. The monoisotopic (exact) mass is 250 g/mol. The van der Waals surface area contributed by atoms with Crippen LogP contribution in [-0.2, 0) is 10.0 Å². The lowest BCUT2D eigenvalue weighted by atomic mass is 10.4. The van der Waals surface area contributed by atoms with Crippen molar-refractivity contribution in [2.75, 3.05) is 13.7 Å². The van der Waals surface area contributed by atoms with E-state index < -0.39 is 10.0 Å². The minimum absolute atomic E-state index is 0.185. The van der Waals surface area contributed by atoms with Gasteiger partial charge in [0, 0.05) is 12.6 Å². The number of hydrogen-bond acceptors (Lipinski definition) is 5. The Morgan fingerprint density at radius 1 is 1.67 bits per heavy atom. The summed E-state index contributed by atoms with van der Waals surface area (Å²) in [7, 11) is -2.07. The highest BCUT2D eigenvalue weighted by atomic mass is 32.2. The van der Waals surface area contributed by atoms with Gasteiger partial charge in [-0.25, -0.2) is 13.1 Å². The van der Waals surface area contributed by atoms with Gasteiger partial charge >= 0.3 is 0 Å². The van der Waals surface area contributed by atoms with Crippen LogP contribution in [0.15, 0.2) is 15.7 Å². The normalized spacial score (nSPS) is 13.8. The maximum absolute atomic E-state index is 11.8. The van der Waals surface area contributed by atoms with E-state index in [1.54, 1.807) is 18.4 Å². The molecule has 1 aromatic heterocycles. The van der Waals surface area contributed by atoms with E-state index in [1.807, 2.05) is 0 Å². The molecule has 0 unspecified atom stereocenters. The number of nitrogens with one attached hydrogen (secondary N) is 1. The molecule has 0 aliphatic carbocycles. The van der Waals surface area contributed by atoms with Crippen molar-refractivity contribution in [2.24, 2.45) is 5.73 Å². The topological polar surface area (TPSA) is 81.4 Å². The van der Waals surface area contributed by atoms with Crippen LogP contribution in [0.25, 0.3) is 0 Å². The summed E-state index contributed by atoms with van der Waals surface area (Å²) < 4.78 is 31.2. The van der Waals surface area contributed by atoms with E-state index in [4.69, 9.17) is 10.5 Å². The van der Waals surface area contributed by atoms with Crippen LogP contribution < -0.4 is 15.2 Å².